The maximum atomic E-state index is 13.3. The Morgan fingerprint density at radius 1 is 1.09 bits per heavy atom. The lowest BCUT2D eigenvalue weighted by molar-refractivity contribution is 0.0767. The van der Waals surface area contributed by atoms with Gasteiger partial charge in [-0.1, -0.05) is 35.9 Å². The molecule has 0 saturated heterocycles. The molecule has 1 amide bonds. The number of anilines is 1. The minimum Gasteiger partial charge on any atom is -0.493 e. The fourth-order valence-electron chi connectivity index (χ4n) is 4.22. The average molecular weight is 461 g/mol. The molecule has 0 atom stereocenters. The van der Waals surface area contributed by atoms with E-state index < -0.39 is 0 Å². The van der Waals surface area contributed by atoms with E-state index in [4.69, 9.17) is 31.8 Å². The van der Waals surface area contributed by atoms with Crippen LogP contribution in [0.3, 0.4) is 0 Å². The molecule has 0 unspecified atom stereocenters. The summed E-state index contributed by atoms with van der Waals surface area (Å²) in [5.41, 5.74) is 11.5. The summed E-state index contributed by atoms with van der Waals surface area (Å²) < 4.78 is 10.7. The zero-order valence-corrected chi connectivity index (χ0v) is 18.9. The Hall–Kier alpha value is -3.84. The number of carbonyl (C=O) groups excluding carboxylic acids is 1. The van der Waals surface area contributed by atoms with Crippen LogP contribution >= 0.6 is 11.6 Å². The molecule has 0 aliphatic carbocycles. The molecule has 0 spiro atoms. The lowest BCUT2D eigenvalue weighted by Gasteiger charge is -2.17. The number of hydrogen-bond donors (Lipinski definition) is 1. The summed E-state index contributed by atoms with van der Waals surface area (Å²) in [4.78, 5) is 24.0. The van der Waals surface area contributed by atoms with Gasteiger partial charge < -0.3 is 20.1 Å². The number of nitrogens with two attached hydrogens (primary N) is 1. The Labute approximate surface area is 195 Å². The number of amides is 1. The van der Waals surface area contributed by atoms with Gasteiger partial charge in [-0.3, -0.25) is 4.79 Å². The Balaban J connectivity index is 1.53. The minimum absolute atomic E-state index is 0.134. The van der Waals surface area contributed by atoms with Crippen molar-refractivity contribution in [2.24, 2.45) is 0 Å². The summed E-state index contributed by atoms with van der Waals surface area (Å²) in [6, 6.07) is 15.0. The summed E-state index contributed by atoms with van der Waals surface area (Å²) in [6.45, 7) is 0.773. The quantitative estimate of drug-likeness (QED) is 0.434. The van der Waals surface area contributed by atoms with Gasteiger partial charge in [0, 0.05) is 29.3 Å². The van der Waals surface area contributed by atoms with Crippen molar-refractivity contribution in [1.29, 1.82) is 0 Å². The topological polar surface area (TPSA) is 90.6 Å². The number of hydrogen-bond acceptors (Lipinski definition) is 6. The van der Waals surface area contributed by atoms with Crippen LogP contribution in [0.25, 0.3) is 22.0 Å². The van der Waals surface area contributed by atoms with Crippen LogP contribution in [0.1, 0.15) is 21.6 Å². The molecule has 166 valence electrons. The van der Waals surface area contributed by atoms with Crippen molar-refractivity contribution in [3.05, 3.63) is 76.7 Å². The number of benzene rings is 2. The molecular formula is C25H21ClN4O3. The van der Waals surface area contributed by atoms with Crippen molar-refractivity contribution in [3.63, 3.8) is 0 Å². The average Bonchev–Trinajstić information content (AvgIpc) is 3.14. The van der Waals surface area contributed by atoms with Gasteiger partial charge in [0.15, 0.2) is 11.5 Å². The highest BCUT2D eigenvalue weighted by molar-refractivity contribution is 6.29. The molecule has 0 fully saturated rings. The fourth-order valence-corrected chi connectivity index (χ4v) is 4.33. The highest BCUT2D eigenvalue weighted by Crippen LogP contribution is 2.37. The van der Waals surface area contributed by atoms with Gasteiger partial charge in [-0.25, -0.2) is 9.97 Å². The molecule has 4 aromatic rings. The van der Waals surface area contributed by atoms with E-state index in [0.29, 0.717) is 46.7 Å². The third-order valence-corrected chi connectivity index (χ3v) is 6.06. The first-order chi connectivity index (χ1) is 16.0. The van der Waals surface area contributed by atoms with E-state index in [9.17, 15) is 4.79 Å². The van der Waals surface area contributed by atoms with Crippen LogP contribution in [0.15, 0.2) is 54.7 Å². The number of para-hydroxylation sites is 1. The Kier molecular flexibility index (Phi) is 5.26. The van der Waals surface area contributed by atoms with E-state index in [-0.39, 0.29) is 5.91 Å². The summed E-state index contributed by atoms with van der Waals surface area (Å²) >= 11 is 5.95. The minimum atomic E-state index is -0.134. The molecule has 2 aromatic heterocycles. The van der Waals surface area contributed by atoms with Crippen LogP contribution in [0, 0.1) is 0 Å². The van der Waals surface area contributed by atoms with E-state index in [1.807, 2.05) is 42.5 Å². The monoisotopic (exact) mass is 460 g/mol. The highest BCUT2D eigenvalue weighted by atomic mass is 35.5. The molecule has 7 nitrogen and oxygen atoms in total. The van der Waals surface area contributed by atoms with Crippen LogP contribution in [-0.4, -0.2) is 35.0 Å². The third-order valence-electron chi connectivity index (χ3n) is 5.83. The molecule has 2 N–H and O–H groups in total. The zero-order valence-electron chi connectivity index (χ0n) is 18.1. The van der Waals surface area contributed by atoms with Crippen molar-refractivity contribution < 1.29 is 14.3 Å². The third kappa shape index (κ3) is 3.60. The Morgan fingerprint density at radius 2 is 1.91 bits per heavy atom. The second-order valence-electron chi connectivity index (χ2n) is 7.77. The SMILES string of the molecule is COc1ccc(CN2Cc3nc4c(-c5ccc(Cl)nc5)cccc4c(N)c3C2=O)cc1OC. The Morgan fingerprint density at radius 3 is 2.64 bits per heavy atom. The van der Waals surface area contributed by atoms with Crippen LogP contribution in [0.5, 0.6) is 11.5 Å². The number of methoxy groups -OCH3 is 2. The van der Waals surface area contributed by atoms with E-state index >= 15 is 0 Å². The van der Waals surface area contributed by atoms with Gasteiger partial charge in [-0.05, 0) is 29.8 Å². The van der Waals surface area contributed by atoms with Gasteiger partial charge in [0.2, 0.25) is 0 Å². The molecule has 33 heavy (non-hydrogen) atoms. The van der Waals surface area contributed by atoms with Crippen molar-refractivity contribution in [2.45, 2.75) is 13.1 Å². The van der Waals surface area contributed by atoms with Gasteiger partial charge in [0.25, 0.3) is 5.91 Å². The number of carbonyl (C=O) groups is 1. The predicted octanol–water partition coefficient (Wildman–Crippen LogP) is 4.71. The first-order valence-electron chi connectivity index (χ1n) is 10.3. The van der Waals surface area contributed by atoms with E-state index in [2.05, 4.69) is 4.98 Å². The standard InChI is InChI=1S/C25H21ClN4O3/c1-32-19-8-6-14(10-20(19)33-2)12-30-13-18-22(25(30)31)23(27)17-5-3-4-16(24(17)29-18)15-7-9-21(26)28-11-15/h3-11H,12-13H2,1-2H3,(H2,27,29). The highest BCUT2D eigenvalue weighted by Gasteiger charge is 2.32. The molecule has 1 aliphatic rings. The van der Waals surface area contributed by atoms with Crippen molar-refractivity contribution >= 4 is 34.1 Å². The van der Waals surface area contributed by atoms with E-state index in [1.165, 1.54) is 0 Å². The number of ether oxygens (including phenoxy) is 2. The van der Waals surface area contributed by atoms with Gasteiger partial charge >= 0.3 is 0 Å². The number of pyridine rings is 2. The second-order valence-corrected chi connectivity index (χ2v) is 8.16. The van der Waals surface area contributed by atoms with Crippen molar-refractivity contribution in [2.75, 3.05) is 20.0 Å². The number of aromatic nitrogens is 2. The van der Waals surface area contributed by atoms with Gasteiger partial charge in [-0.15, -0.1) is 0 Å². The molecular weight excluding hydrogens is 440 g/mol. The zero-order chi connectivity index (χ0) is 23.1. The molecule has 0 radical (unpaired) electrons. The fraction of sp³-hybridized carbons (Fsp3) is 0.160. The first kappa shape index (κ1) is 21.0. The molecule has 1 aliphatic heterocycles. The maximum absolute atomic E-state index is 13.3. The lowest BCUT2D eigenvalue weighted by Crippen LogP contribution is -2.23. The predicted molar refractivity (Wildman–Crippen MR) is 128 cm³/mol. The molecule has 8 heteroatoms. The molecule has 2 aromatic carbocycles. The van der Waals surface area contributed by atoms with E-state index in [1.54, 1.807) is 31.4 Å². The number of nitrogen functional groups attached to an aromatic ring is 1. The summed E-state index contributed by atoms with van der Waals surface area (Å²) in [5.74, 6) is 1.12. The normalized spacial score (nSPS) is 12.8. The van der Waals surface area contributed by atoms with Crippen molar-refractivity contribution in [3.8, 4) is 22.6 Å². The summed E-state index contributed by atoms with van der Waals surface area (Å²) in [7, 11) is 3.17. The molecule has 3 heterocycles. The molecule has 0 saturated carbocycles. The van der Waals surface area contributed by atoms with Gasteiger partial charge in [0.05, 0.1) is 43.2 Å². The lowest BCUT2D eigenvalue weighted by atomic mass is 10.0. The van der Waals surface area contributed by atoms with Crippen LogP contribution in [-0.2, 0) is 13.1 Å². The Bertz CT molecular complexity index is 1390. The van der Waals surface area contributed by atoms with Gasteiger partial charge in [-0.2, -0.15) is 0 Å². The second kappa shape index (κ2) is 8.26. The molecule has 0 bridgehead atoms. The van der Waals surface area contributed by atoms with E-state index in [0.717, 1.165) is 27.6 Å². The van der Waals surface area contributed by atoms with Crippen LogP contribution in [0.2, 0.25) is 5.15 Å². The summed E-state index contributed by atoms with van der Waals surface area (Å²) in [6.07, 6.45) is 1.71. The van der Waals surface area contributed by atoms with Crippen LogP contribution in [0.4, 0.5) is 5.69 Å². The number of rotatable bonds is 5. The summed E-state index contributed by atoms with van der Waals surface area (Å²) in [5, 5.41) is 1.16. The number of halogens is 1. The molecule has 5 rings (SSSR count). The first-order valence-corrected chi connectivity index (χ1v) is 10.7. The maximum Gasteiger partial charge on any atom is 0.258 e. The number of nitrogens with zero attached hydrogens (tertiary/aromatic N) is 3. The number of fused-ring (bicyclic) bond motifs is 2. The van der Waals surface area contributed by atoms with Crippen molar-refractivity contribution in [1.82, 2.24) is 14.9 Å². The van der Waals surface area contributed by atoms with Gasteiger partial charge in [0.1, 0.15) is 5.15 Å². The largest absolute Gasteiger partial charge is 0.493 e. The smallest absolute Gasteiger partial charge is 0.258 e. The van der Waals surface area contributed by atoms with Crippen LogP contribution < -0.4 is 15.2 Å².